The molecule has 0 radical (unpaired) electrons. The van der Waals surface area contributed by atoms with E-state index in [1.807, 2.05) is 0 Å². The van der Waals surface area contributed by atoms with Crippen LogP contribution in [0.4, 0.5) is 0 Å². The van der Waals surface area contributed by atoms with Gasteiger partial charge < -0.3 is 15.8 Å². The lowest BCUT2D eigenvalue weighted by Crippen LogP contribution is -2.41. The van der Waals surface area contributed by atoms with Crippen molar-refractivity contribution < 1.29 is 4.74 Å². The second-order valence-corrected chi connectivity index (χ2v) is 5.95. The van der Waals surface area contributed by atoms with Crippen LogP contribution in [0.1, 0.15) is 43.7 Å². The summed E-state index contributed by atoms with van der Waals surface area (Å²) in [5.41, 5.74) is 8.41. The highest BCUT2D eigenvalue weighted by atomic mass is 16.5. The monoisotopic (exact) mass is 262 g/mol. The maximum Gasteiger partial charge on any atom is 0.123 e. The molecule has 3 N–H and O–H groups in total. The van der Waals surface area contributed by atoms with Gasteiger partial charge in [-0.15, -0.1) is 0 Å². The number of methoxy groups -OCH3 is 1. The number of nitrogens with one attached hydrogen (secondary N) is 1. The molecule has 0 unspecified atom stereocenters. The Morgan fingerprint density at radius 2 is 2.11 bits per heavy atom. The van der Waals surface area contributed by atoms with Gasteiger partial charge in [-0.2, -0.15) is 0 Å². The first-order chi connectivity index (χ1) is 9.10. The Balaban J connectivity index is 1.91. The molecule has 0 saturated heterocycles. The zero-order valence-corrected chi connectivity index (χ0v) is 12.3. The van der Waals surface area contributed by atoms with Gasteiger partial charge in [-0.1, -0.05) is 26.0 Å². The predicted octanol–water partition coefficient (Wildman–Crippen LogP) is 2.65. The smallest absolute Gasteiger partial charge is 0.123 e. The molecule has 1 saturated carbocycles. The van der Waals surface area contributed by atoms with E-state index in [2.05, 4.69) is 37.4 Å². The van der Waals surface area contributed by atoms with Crippen LogP contribution in [0.5, 0.6) is 5.75 Å². The van der Waals surface area contributed by atoms with E-state index in [-0.39, 0.29) is 0 Å². The minimum absolute atomic E-state index is 0.436. The molecule has 0 bridgehead atoms. The summed E-state index contributed by atoms with van der Waals surface area (Å²) in [6.07, 6.45) is 2.33. The van der Waals surface area contributed by atoms with Gasteiger partial charge in [-0.3, -0.25) is 0 Å². The minimum atomic E-state index is 0.436. The van der Waals surface area contributed by atoms with Crippen molar-refractivity contribution in [1.82, 2.24) is 5.32 Å². The Hall–Kier alpha value is -1.06. The van der Waals surface area contributed by atoms with Gasteiger partial charge in [0.2, 0.25) is 0 Å². The molecule has 0 spiro atoms. The molecule has 1 aromatic rings. The molecule has 19 heavy (non-hydrogen) atoms. The average molecular weight is 262 g/mol. The Labute approximate surface area is 116 Å². The van der Waals surface area contributed by atoms with Crippen molar-refractivity contribution >= 4 is 0 Å². The SMILES string of the molecule is COc1ccc(C(C)C)cc1CNCC1CC(N)C1. The van der Waals surface area contributed by atoms with Crippen molar-refractivity contribution in [3.63, 3.8) is 0 Å². The Morgan fingerprint density at radius 3 is 2.68 bits per heavy atom. The van der Waals surface area contributed by atoms with Gasteiger partial charge in [-0.25, -0.2) is 0 Å². The molecule has 3 heteroatoms. The fraction of sp³-hybridized carbons (Fsp3) is 0.625. The molecule has 0 atom stereocenters. The third-order valence-corrected chi connectivity index (χ3v) is 3.99. The number of ether oxygens (including phenoxy) is 1. The first-order valence-electron chi connectivity index (χ1n) is 7.23. The summed E-state index contributed by atoms with van der Waals surface area (Å²) in [6.45, 7) is 6.36. The summed E-state index contributed by atoms with van der Waals surface area (Å²) in [6, 6.07) is 6.91. The summed E-state index contributed by atoms with van der Waals surface area (Å²) in [5.74, 6) is 2.28. The van der Waals surface area contributed by atoms with E-state index >= 15 is 0 Å². The van der Waals surface area contributed by atoms with E-state index < -0.39 is 0 Å². The lowest BCUT2D eigenvalue weighted by atomic mass is 9.81. The summed E-state index contributed by atoms with van der Waals surface area (Å²) in [7, 11) is 1.73. The van der Waals surface area contributed by atoms with Crippen molar-refractivity contribution in [1.29, 1.82) is 0 Å². The van der Waals surface area contributed by atoms with E-state index in [0.717, 1.165) is 37.6 Å². The summed E-state index contributed by atoms with van der Waals surface area (Å²) in [4.78, 5) is 0. The van der Waals surface area contributed by atoms with E-state index in [1.54, 1.807) is 7.11 Å². The standard InChI is InChI=1S/C16H26N2O/c1-11(2)13-4-5-16(19-3)14(8-13)10-18-9-12-6-15(17)7-12/h4-5,8,11-12,15,18H,6-7,9-10,17H2,1-3H3. The van der Waals surface area contributed by atoms with E-state index in [4.69, 9.17) is 10.5 Å². The Morgan fingerprint density at radius 1 is 1.37 bits per heavy atom. The summed E-state index contributed by atoms with van der Waals surface area (Å²) >= 11 is 0. The Bertz CT molecular complexity index is 411. The zero-order chi connectivity index (χ0) is 13.8. The van der Waals surface area contributed by atoms with Gasteiger partial charge >= 0.3 is 0 Å². The van der Waals surface area contributed by atoms with Gasteiger partial charge in [0, 0.05) is 18.2 Å². The lowest BCUT2D eigenvalue weighted by molar-refractivity contribution is 0.255. The van der Waals surface area contributed by atoms with Crippen LogP contribution in [0.3, 0.4) is 0 Å². The van der Waals surface area contributed by atoms with Crippen LogP contribution in [0.25, 0.3) is 0 Å². The number of nitrogens with two attached hydrogens (primary N) is 1. The zero-order valence-electron chi connectivity index (χ0n) is 12.3. The fourth-order valence-electron chi connectivity index (χ4n) is 2.66. The first-order valence-corrected chi connectivity index (χ1v) is 7.23. The normalized spacial score (nSPS) is 22.4. The van der Waals surface area contributed by atoms with Gasteiger partial charge in [0.1, 0.15) is 5.75 Å². The summed E-state index contributed by atoms with van der Waals surface area (Å²) in [5, 5.41) is 3.53. The van der Waals surface area contributed by atoms with Crippen LogP contribution in [-0.4, -0.2) is 19.7 Å². The van der Waals surface area contributed by atoms with Gasteiger partial charge in [0.25, 0.3) is 0 Å². The third kappa shape index (κ3) is 3.71. The van der Waals surface area contributed by atoms with E-state index in [0.29, 0.717) is 12.0 Å². The minimum Gasteiger partial charge on any atom is -0.496 e. The second-order valence-electron chi connectivity index (χ2n) is 5.95. The Kier molecular flexibility index (Phi) is 4.83. The van der Waals surface area contributed by atoms with Gasteiger partial charge in [0.15, 0.2) is 0 Å². The molecule has 106 valence electrons. The molecule has 0 aromatic heterocycles. The first kappa shape index (κ1) is 14.4. The average Bonchev–Trinajstić information content (AvgIpc) is 2.36. The van der Waals surface area contributed by atoms with Crippen LogP contribution in [0, 0.1) is 5.92 Å². The molecular formula is C16H26N2O. The molecule has 1 aromatic carbocycles. The topological polar surface area (TPSA) is 47.3 Å². The predicted molar refractivity (Wildman–Crippen MR) is 79.5 cm³/mol. The molecule has 1 aliphatic carbocycles. The largest absolute Gasteiger partial charge is 0.496 e. The van der Waals surface area contributed by atoms with Crippen LogP contribution < -0.4 is 15.8 Å². The third-order valence-electron chi connectivity index (χ3n) is 3.99. The maximum atomic E-state index is 5.80. The van der Waals surface area contributed by atoms with E-state index in [1.165, 1.54) is 11.1 Å². The lowest BCUT2D eigenvalue weighted by Gasteiger charge is -2.32. The molecule has 0 heterocycles. The van der Waals surface area contributed by atoms with Gasteiger partial charge in [0.05, 0.1) is 7.11 Å². The van der Waals surface area contributed by atoms with Crippen molar-refractivity contribution in [2.75, 3.05) is 13.7 Å². The molecule has 0 aliphatic heterocycles. The summed E-state index contributed by atoms with van der Waals surface area (Å²) < 4.78 is 5.43. The van der Waals surface area contributed by atoms with Crippen LogP contribution in [-0.2, 0) is 6.54 Å². The molecule has 1 aliphatic rings. The maximum absolute atomic E-state index is 5.80. The van der Waals surface area contributed by atoms with Crippen LogP contribution >= 0.6 is 0 Å². The number of hydrogen-bond donors (Lipinski definition) is 2. The fourth-order valence-corrected chi connectivity index (χ4v) is 2.66. The van der Waals surface area contributed by atoms with Crippen LogP contribution in [0.15, 0.2) is 18.2 Å². The molecule has 0 amide bonds. The highest BCUT2D eigenvalue weighted by Gasteiger charge is 2.25. The van der Waals surface area contributed by atoms with Crippen molar-refractivity contribution in [2.24, 2.45) is 11.7 Å². The quantitative estimate of drug-likeness (QED) is 0.828. The van der Waals surface area contributed by atoms with E-state index in [9.17, 15) is 0 Å². The molecule has 2 rings (SSSR count). The highest BCUT2D eigenvalue weighted by Crippen LogP contribution is 2.26. The van der Waals surface area contributed by atoms with Crippen molar-refractivity contribution in [3.8, 4) is 5.75 Å². The number of rotatable bonds is 6. The molecule has 3 nitrogen and oxygen atoms in total. The van der Waals surface area contributed by atoms with Gasteiger partial charge in [-0.05, 0) is 42.9 Å². The van der Waals surface area contributed by atoms with Crippen molar-refractivity contribution in [3.05, 3.63) is 29.3 Å². The molecule has 1 fully saturated rings. The second kappa shape index (κ2) is 6.40. The number of benzene rings is 1. The van der Waals surface area contributed by atoms with Crippen LogP contribution in [0.2, 0.25) is 0 Å². The highest BCUT2D eigenvalue weighted by molar-refractivity contribution is 5.38. The number of hydrogen-bond acceptors (Lipinski definition) is 3. The van der Waals surface area contributed by atoms with Crippen molar-refractivity contribution in [2.45, 2.75) is 45.2 Å². The molecular weight excluding hydrogens is 236 g/mol.